The third-order valence-electron chi connectivity index (χ3n) is 2.82. The van der Waals surface area contributed by atoms with E-state index in [4.69, 9.17) is 16.3 Å². The summed E-state index contributed by atoms with van der Waals surface area (Å²) >= 11 is 6.03. The van der Waals surface area contributed by atoms with Crippen LogP contribution in [0.2, 0.25) is 5.15 Å². The molecule has 2 rings (SSSR count). The first kappa shape index (κ1) is 13.7. The third-order valence-corrected chi connectivity index (χ3v) is 3.12. The molecule has 2 aromatic rings. The Bertz CT molecular complexity index is 528. The summed E-state index contributed by atoms with van der Waals surface area (Å²) in [4.78, 5) is 4.05. The fourth-order valence-corrected chi connectivity index (χ4v) is 2.00. The summed E-state index contributed by atoms with van der Waals surface area (Å²) in [6.07, 6.45) is 1.68. The first-order valence-corrected chi connectivity index (χ1v) is 6.68. The molecule has 0 saturated carbocycles. The van der Waals surface area contributed by atoms with Crippen LogP contribution in [0.4, 0.5) is 5.69 Å². The molecular weight excluding hydrogens is 260 g/mol. The Kier molecular flexibility index (Phi) is 4.63. The molecule has 0 amide bonds. The topological polar surface area (TPSA) is 34.1 Å². The first-order chi connectivity index (χ1) is 9.20. The molecule has 3 nitrogen and oxygen atoms in total. The van der Waals surface area contributed by atoms with Crippen LogP contribution in [0.25, 0.3) is 0 Å². The molecule has 0 aliphatic carbocycles. The van der Waals surface area contributed by atoms with E-state index in [1.807, 2.05) is 43.3 Å². The average molecular weight is 277 g/mol. The molecule has 4 heteroatoms. The number of ether oxygens (including phenoxy) is 1. The second-order valence-corrected chi connectivity index (χ2v) is 4.57. The van der Waals surface area contributed by atoms with E-state index in [1.54, 1.807) is 6.20 Å². The molecule has 1 aromatic carbocycles. The molecular formula is C15H17ClN2O. The number of benzene rings is 1. The van der Waals surface area contributed by atoms with Crippen molar-refractivity contribution in [2.75, 3.05) is 11.9 Å². The largest absolute Gasteiger partial charge is 0.494 e. The molecule has 1 heterocycles. The van der Waals surface area contributed by atoms with Crippen LogP contribution < -0.4 is 10.1 Å². The Balaban J connectivity index is 2.07. The van der Waals surface area contributed by atoms with Gasteiger partial charge >= 0.3 is 0 Å². The highest BCUT2D eigenvalue weighted by Crippen LogP contribution is 2.25. The highest BCUT2D eigenvalue weighted by Gasteiger charge is 2.08. The monoisotopic (exact) mass is 276 g/mol. The van der Waals surface area contributed by atoms with E-state index in [0.717, 1.165) is 11.4 Å². The Morgan fingerprint density at radius 1 is 1.26 bits per heavy atom. The molecule has 0 radical (unpaired) electrons. The minimum absolute atomic E-state index is 0.150. The zero-order valence-corrected chi connectivity index (χ0v) is 11.8. The van der Waals surface area contributed by atoms with Crippen molar-refractivity contribution in [1.29, 1.82) is 0 Å². The highest BCUT2D eigenvalue weighted by molar-refractivity contribution is 6.31. The lowest BCUT2D eigenvalue weighted by Gasteiger charge is -2.16. The molecule has 1 atom stereocenters. The summed E-state index contributed by atoms with van der Waals surface area (Å²) in [5, 5.41) is 3.83. The summed E-state index contributed by atoms with van der Waals surface area (Å²) in [5.74, 6) is 0.887. The summed E-state index contributed by atoms with van der Waals surface area (Å²) < 4.78 is 5.43. The van der Waals surface area contributed by atoms with Crippen molar-refractivity contribution >= 4 is 17.3 Å². The van der Waals surface area contributed by atoms with Crippen molar-refractivity contribution < 1.29 is 4.74 Å². The average Bonchev–Trinajstić information content (AvgIpc) is 2.42. The Morgan fingerprint density at radius 3 is 2.63 bits per heavy atom. The van der Waals surface area contributed by atoms with Crippen LogP contribution in [0.3, 0.4) is 0 Å². The fourth-order valence-electron chi connectivity index (χ4n) is 1.83. The molecule has 1 aromatic heterocycles. The molecule has 0 aliphatic rings. The van der Waals surface area contributed by atoms with E-state index in [9.17, 15) is 0 Å². The van der Waals surface area contributed by atoms with Crippen LogP contribution in [0.5, 0.6) is 5.75 Å². The standard InChI is InChI=1S/C15H17ClN2O/c1-3-19-13-8-6-12(7-9-13)11(2)18-14-5-4-10-17-15(14)16/h4-11,18H,3H2,1-2H3. The summed E-state index contributed by atoms with van der Waals surface area (Å²) in [6, 6.07) is 12.0. The minimum atomic E-state index is 0.150. The van der Waals surface area contributed by atoms with E-state index >= 15 is 0 Å². The summed E-state index contributed by atoms with van der Waals surface area (Å²) in [5.41, 5.74) is 2.01. The Morgan fingerprint density at radius 2 is 2.00 bits per heavy atom. The number of hydrogen-bond donors (Lipinski definition) is 1. The van der Waals surface area contributed by atoms with E-state index in [-0.39, 0.29) is 6.04 Å². The lowest BCUT2D eigenvalue weighted by Crippen LogP contribution is -2.07. The smallest absolute Gasteiger partial charge is 0.152 e. The van der Waals surface area contributed by atoms with Crippen molar-refractivity contribution in [3.8, 4) is 5.75 Å². The zero-order chi connectivity index (χ0) is 13.7. The Hall–Kier alpha value is -1.74. The second kappa shape index (κ2) is 6.43. The lowest BCUT2D eigenvalue weighted by atomic mass is 10.1. The minimum Gasteiger partial charge on any atom is -0.494 e. The third kappa shape index (κ3) is 3.61. The van der Waals surface area contributed by atoms with Crippen LogP contribution >= 0.6 is 11.6 Å². The summed E-state index contributed by atoms with van der Waals surface area (Å²) in [7, 11) is 0. The maximum atomic E-state index is 6.03. The van der Waals surface area contributed by atoms with Crippen LogP contribution in [0.15, 0.2) is 42.6 Å². The van der Waals surface area contributed by atoms with Gasteiger partial charge in [0, 0.05) is 12.2 Å². The van der Waals surface area contributed by atoms with Crippen molar-refractivity contribution in [3.63, 3.8) is 0 Å². The lowest BCUT2D eigenvalue weighted by molar-refractivity contribution is 0.340. The van der Waals surface area contributed by atoms with Crippen LogP contribution in [-0.2, 0) is 0 Å². The van der Waals surface area contributed by atoms with E-state index in [1.165, 1.54) is 5.56 Å². The number of hydrogen-bond acceptors (Lipinski definition) is 3. The molecule has 1 unspecified atom stereocenters. The maximum absolute atomic E-state index is 6.03. The molecule has 1 N–H and O–H groups in total. The number of halogens is 1. The molecule has 0 fully saturated rings. The SMILES string of the molecule is CCOc1ccc(C(C)Nc2cccnc2Cl)cc1. The van der Waals surface area contributed by atoms with Gasteiger partial charge in [-0.3, -0.25) is 0 Å². The number of nitrogens with one attached hydrogen (secondary N) is 1. The Labute approximate surface area is 118 Å². The van der Waals surface area contributed by atoms with Gasteiger partial charge in [-0.2, -0.15) is 0 Å². The number of rotatable bonds is 5. The van der Waals surface area contributed by atoms with Crippen molar-refractivity contribution in [3.05, 3.63) is 53.3 Å². The molecule has 0 aliphatic heterocycles. The van der Waals surface area contributed by atoms with Gasteiger partial charge in [-0.1, -0.05) is 23.7 Å². The van der Waals surface area contributed by atoms with Gasteiger partial charge in [-0.25, -0.2) is 4.98 Å². The highest BCUT2D eigenvalue weighted by atomic mass is 35.5. The number of anilines is 1. The van der Waals surface area contributed by atoms with E-state index in [2.05, 4.69) is 17.2 Å². The van der Waals surface area contributed by atoms with Gasteiger partial charge in [-0.15, -0.1) is 0 Å². The molecule has 0 saturated heterocycles. The molecule has 19 heavy (non-hydrogen) atoms. The van der Waals surface area contributed by atoms with Crippen LogP contribution in [0.1, 0.15) is 25.5 Å². The molecule has 100 valence electrons. The number of nitrogens with zero attached hydrogens (tertiary/aromatic N) is 1. The van der Waals surface area contributed by atoms with Crippen molar-refractivity contribution in [2.45, 2.75) is 19.9 Å². The summed E-state index contributed by atoms with van der Waals surface area (Å²) in [6.45, 7) is 4.74. The maximum Gasteiger partial charge on any atom is 0.152 e. The predicted molar refractivity (Wildman–Crippen MR) is 78.9 cm³/mol. The van der Waals surface area contributed by atoms with Gasteiger partial charge in [0.05, 0.1) is 12.3 Å². The van der Waals surface area contributed by atoms with Crippen molar-refractivity contribution in [2.24, 2.45) is 0 Å². The van der Waals surface area contributed by atoms with Gasteiger partial charge in [0.15, 0.2) is 5.15 Å². The van der Waals surface area contributed by atoms with Crippen molar-refractivity contribution in [1.82, 2.24) is 4.98 Å². The van der Waals surface area contributed by atoms with Gasteiger partial charge in [-0.05, 0) is 43.7 Å². The number of pyridine rings is 1. The van der Waals surface area contributed by atoms with Crippen LogP contribution in [0, 0.1) is 0 Å². The first-order valence-electron chi connectivity index (χ1n) is 6.30. The van der Waals surface area contributed by atoms with Crippen LogP contribution in [-0.4, -0.2) is 11.6 Å². The van der Waals surface area contributed by atoms with E-state index < -0.39 is 0 Å². The van der Waals surface area contributed by atoms with Gasteiger partial charge in [0.1, 0.15) is 5.75 Å². The molecule has 0 spiro atoms. The van der Waals surface area contributed by atoms with Gasteiger partial charge < -0.3 is 10.1 Å². The van der Waals surface area contributed by atoms with Gasteiger partial charge in [0.2, 0.25) is 0 Å². The predicted octanol–water partition coefficient (Wildman–Crippen LogP) is 4.31. The zero-order valence-electron chi connectivity index (χ0n) is 11.1. The fraction of sp³-hybridized carbons (Fsp3) is 0.267. The molecule has 0 bridgehead atoms. The second-order valence-electron chi connectivity index (χ2n) is 4.21. The number of aromatic nitrogens is 1. The van der Waals surface area contributed by atoms with Gasteiger partial charge in [0.25, 0.3) is 0 Å². The normalized spacial score (nSPS) is 11.9. The van der Waals surface area contributed by atoms with E-state index in [0.29, 0.717) is 11.8 Å². The quantitative estimate of drug-likeness (QED) is 0.827.